The van der Waals surface area contributed by atoms with E-state index in [4.69, 9.17) is 10.5 Å². The van der Waals surface area contributed by atoms with Crippen molar-refractivity contribution in [1.29, 1.82) is 0 Å². The van der Waals surface area contributed by atoms with Crippen LogP contribution in [-0.4, -0.2) is 28.4 Å². The van der Waals surface area contributed by atoms with Gasteiger partial charge in [-0.1, -0.05) is 27.7 Å². The van der Waals surface area contributed by atoms with E-state index in [2.05, 4.69) is 25.0 Å². The van der Waals surface area contributed by atoms with Crippen LogP contribution < -0.4 is 0 Å². The van der Waals surface area contributed by atoms with Crippen LogP contribution in [0.5, 0.6) is 0 Å². The standard InChI is InChI=1S/C14H22N2O8/c1-8(2)5-10(6-9(3)4)13(18)22-16-15-11(14(19)24-21)7-12(17)23-20/h7-10,20-21H,5-6H2,1-4H3. The van der Waals surface area contributed by atoms with Crippen LogP contribution in [0, 0.1) is 17.8 Å². The molecule has 0 fully saturated rings. The molecule has 0 radical (unpaired) electrons. The number of carbonyl (C=O) groups excluding carboxylic acids is 3. The Morgan fingerprint density at radius 3 is 1.96 bits per heavy atom. The predicted octanol–water partition coefficient (Wildman–Crippen LogP) is 2.52. The Morgan fingerprint density at radius 2 is 1.54 bits per heavy atom. The molecule has 0 aromatic carbocycles. The Morgan fingerprint density at radius 1 is 1.00 bits per heavy atom. The van der Waals surface area contributed by atoms with Gasteiger partial charge in [0.1, 0.15) is 0 Å². The molecular weight excluding hydrogens is 324 g/mol. The molecule has 0 saturated carbocycles. The largest absolute Gasteiger partial charge is 0.393 e. The molecule has 2 N–H and O–H groups in total. The average Bonchev–Trinajstić information content (AvgIpc) is 2.51. The molecule has 0 aliphatic carbocycles. The lowest BCUT2D eigenvalue weighted by atomic mass is 9.89. The van der Waals surface area contributed by atoms with Crippen molar-refractivity contribution in [2.24, 2.45) is 28.1 Å². The minimum absolute atomic E-state index is 0.261. The maximum atomic E-state index is 12.0. The van der Waals surface area contributed by atoms with E-state index in [0.717, 1.165) is 0 Å². The van der Waals surface area contributed by atoms with Gasteiger partial charge in [-0.05, 0) is 24.7 Å². The fourth-order valence-electron chi connectivity index (χ4n) is 1.92. The van der Waals surface area contributed by atoms with E-state index in [1.807, 2.05) is 27.7 Å². The minimum atomic E-state index is -1.46. The van der Waals surface area contributed by atoms with Gasteiger partial charge >= 0.3 is 17.9 Å². The summed E-state index contributed by atoms with van der Waals surface area (Å²) in [7, 11) is 0. The van der Waals surface area contributed by atoms with Crippen LogP contribution >= 0.6 is 0 Å². The molecule has 0 aliphatic heterocycles. The molecule has 0 unspecified atom stereocenters. The van der Waals surface area contributed by atoms with Gasteiger partial charge in [0.05, 0.1) is 12.0 Å². The van der Waals surface area contributed by atoms with Crippen LogP contribution in [-0.2, 0) is 29.0 Å². The number of hydrogen-bond acceptors (Lipinski definition) is 10. The van der Waals surface area contributed by atoms with E-state index in [1.165, 1.54) is 0 Å². The summed E-state index contributed by atoms with van der Waals surface area (Å²) in [5.74, 6) is -3.33. The summed E-state index contributed by atoms with van der Waals surface area (Å²) in [4.78, 5) is 45.3. The molecule has 10 nitrogen and oxygen atoms in total. The lowest BCUT2D eigenvalue weighted by Gasteiger charge is -2.17. The summed E-state index contributed by atoms with van der Waals surface area (Å²) in [5.41, 5.74) is -0.839. The molecule has 0 rings (SSSR count). The first-order valence-electron chi connectivity index (χ1n) is 7.25. The second-order valence-electron chi connectivity index (χ2n) is 5.87. The van der Waals surface area contributed by atoms with E-state index in [-0.39, 0.29) is 11.8 Å². The van der Waals surface area contributed by atoms with Crippen LogP contribution in [0.15, 0.2) is 22.2 Å². The SMILES string of the molecule is CC(C)CC(CC(C)C)C(=O)ON=NC(=CC(=O)OO)C(=O)OO. The first-order valence-corrected chi connectivity index (χ1v) is 7.25. The molecule has 0 aliphatic rings. The molecule has 0 aromatic rings. The van der Waals surface area contributed by atoms with Gasteiger partial charge in [0.2, 0.25) is 0 Å². The average molecular weight is 346 g/mol. The molecule has 0 aromatic heterocycles. The van der Waals surface area contributed by atoms with Crippen molar-refractivity contribution in [1.82, 2.24) is 0 Å². The molecular formula is C14H22N2O8. The summed E-state index contributed by atoms with van der Waals surface area (Å²) in [6, 6.07) is 0. The zero-order chi connectivity index (χ0) is 18.7. The lowest BCUT2D eigenvalue weighted by Crippen LogP contribution is -2.19. The molecule has 10 heteroatoms. The van der Waals surface area contributed by atoms with Crippen molar-refractivity contribution in [2.75, 3.05) is 0 Å². The van der Waals surface area contributed by atoms with Gasteiger partial charge in [-0.15, -0.1) is 5.11 Å². The molecule has 0 bridgehead atoms. The minimum Gasteiger partial charge on any atom is -0.300 e. The highest BCUT2D eigenvalue weighted by Crippen LogP contribution is 2.21. The van der Waals surface area contributed by atoms with Crippen molar-refractivity contribution >= 4 is 17.9 Å². The Balaban J connectivity index is 4.98. The highest BCUT2D eigenvalue weighted by molar-refractivity contribution is 5.95. The lowest BCUT2D eigenvalue weighted by molar-refractivity contribution is -0.231. The Bertz CT molecular complexity index is 489. The number of nitrogens with zero attached hydrogens (tertiary/aromatic N) is 2. The van der Waals surface area contributed by atoms with Crippen LogP contribution in [0.2, 0.25) is 0 Å². The Kier molecular flexibility index (Phi) is 10.2. The van der Waals surface area contributed by atoms with Gasteiger partial charge in [-0.25, -0.2) is 14.4 Å². The number of carbonyl (C=O) groups is 3. The maximum Gasteiger partial charge on any atom is 0.393 e. The molecule has 136 valence electrons. The smallest absolute Gasteiger partial charge is 0.300 e. The van der Waals surface area contributed by atoms with E-state index < -0.39 is 29.5 Å². The summed E-state index contributed by atoms with van der Waals surface area (Å²) in [6.07, 6.45) is 1.56. The van der Waals surface area contributed by atoms with Gasteiger partial charge in [0, 0.05) is 5.28 Å². The van der Waals surface area contributed by atoms with Crippen molar-refractivity contribution < 1.29 is 39.5 Å². The summed E-state index contributed by atoms with van der Waals surface area (Å²) < 4.78 is 0. The van der Waals surface area contributed by atoms with Gasteiger partial charge < -0.3 is 0 Å². The van der Waals surface area contributed by atoms with Gasteiger partial charge in [0.15, 0.2) is 5.70 Å². The fourth-order valence-corrected chi connectivity index (χ4v) is 1.92. The third-order valence-corrected chi connectivity index (χ3v) is 2.76. The second kappa shape index (κ2) is 11.2. The van der Waals surface area contributed by atoms with Crippen LogP contribution in [0.3, 0.4) is 0 Å². The van der Waals surface area contributed by atoms with E-state index in [9.17, 15) is 14.4 Å². The first-order chi connectivity index (χ1) is 11.2. The summed E-state index contributed by atoms with van der Waals surface area (Å²) in [5, 5.41) is 22.6. The topological polar surface area (TPSA) is 144 Å². The number of hydrogen-bond donors (Lipinski definition) is 2. The normalized spacial score (nSPS) is 12.1. The van der Waals surface area contributed by atoms with Crippen LogP contribution in [0.1, 0.15) is 40.5 Å². The molecule has 0 spiro atoms. The highest BCUT2D eigenvalue weighted by Gasteiger charge is 2.23. The van der Waals surface area contributed by atoms with Crippen LogP contribution in [0.4, 0.5) is 0 Å². The summed E-state index contributed by atoms with van der Waals surface area (Å²) in [6.45, 7) is 7.84. The van der Waals surface area contributed by atoms with Crippen molar-refractivity contribution in [3.05, 3.63) is 11.8 Å². The van der Waals surface area contributed by atoms with Gasteiger partial charge in [-0.3, -0.25) is 14.6 Å². The quantitative estimate of drug-likeness (QED) is 0.280. The fraction of sp³-hybridized carbons (Fsp3) is 0.643. The first kappa shape index (κ1) is 21.7. The third kappa shape index (κ3) is 8.96. The zero-order valence-corrected chi connectivity index (χ0v) is 14.0. The molecule has 0 amide bonds. The van der Waals surface area contributed by atoms with Crippen molar-refractivity contribution in [2.45, 2.75) is 40.5 Å². The maximum absolute atomic E-state index is 12.0. The van der Waals surface area contributed by atoms with Gasteiger partial charge in [-0.2, -0.15) is 10.5 Å². The van der Waals surface area contributed by atoms with E-state index >= 15 is 0 Å². The second-order valence-corrected chi connectivity index (χ2v) is 5.87. The highest BCUT2D eigenvalue weighted by atomic mass is 17.1. The van der Waals surface area contributed by atoms with Crippen LogP contribution in [0.25, 0.3) is 0 Å². The van der Waals surface area contributed by atoms with Crippen molar-refractivity contribution in [3.8, 4) is 0 Å². The molecule has 0 heterocycles. The zero-order valence-electron chi connectivity index (χ0n) is 14.0. The Labute approximate surface area is 138 Å². The van der Waals surface area contributed by atoms with Crippen molar-refractivity contribution in [3.63, 3.8) is 0 Å². The molecule has 0 saturated heterocycles. The van der Waals surface area contributed by atoms with E-state index in [1.54, 1.807) is 0 Å². The van der Waals surface area contributed by atoms with E-state index in [0.29, 0.717) is 18.9 Å². The number of rotatable bonds is 9. The molecule has 0 atom stereocenters. The van der Waals surface area contributed by atoms with Gasteiger partial charge in [0.25, 0.3) is 0 Å². The summed E-state index contributed by atoms with van der Waals surface area (Å²) >= 11 is 0. The Hall–Kier alpha value is -2.33. The predicted molar refractivity (Wildman–Crippen MR) is 78.9 cm³/mol. The molecule has 24 heavy (non-hydrogen) atoms. The monoisotopic (exact) mass is 346 g/mol. The third-order valence-electron chi connectivity index (χ3n) is 2.76.